The zero-order chi connectivity index (χ0) is 15.4. The minimum absolute atomic E-state index is 0.0317. The highest BCUT2D eigenvalue weighted by Gasteiger charge is 2.28. The third-order valence-electron chi connectivity index (χ3n) is 5.48. The summed E-state index contributed by atoms with van der Waals surface area (Å²) in [4.78, 5) is 14.7. The second kappa shape index (κ2) is 7.64. The van der Waals surface area contributed by atoms with Gasteiger partial charge in [0.05, 0.1) is 12.1 Å². The molecular weight excluding hydrogens is 278 g/mol. The summed E-state index contributed by atoms with van der Waals surface area (Å²) in [7, 11) is 0. The fourth-order valence-electron chi connectivity index (χ4n) is 4.20. The molecule has 0 aromatic heterocycles. The average Bonchev–Trinajstić information content (AvgIpc) is 3.20. The standard InChI is InChI=1S/C17H31N3O2/c1-13(16-7-4-10-22-16)18-17(21)19-15-8-9-20(12-15)11-14-5-2-3-6-14/h13-16H,2-12H2,1H3,(H2,18,19,21). The first-order valence-electron chi connectivity index (χ1n) is 9.11. The lowest BCUT2D eigenvalue weighted by Crippen LogP contribution is -2.49. The molecule has 2 saturated heterocycles. The van der Waals surface area contributed by atoms with Crippen molar-refractivity contribution in [3.63, 3.8) is 0 Å². The number of nitrogens with zero attached hydrogens (tertiary/aromatic N) is 1. The van der Waals surface area contributed by atoms with Crippen molar-refractivity contribution < 1.29 is 9.53 Å². The van der Waals surface area contributed by atoms with Crippen molar-refractivity contribution in [2.45, 2.75) is 70.1 Å². The van der Waals surface area contributed by atoms with Crippen LogP contribution in [0.5, 0.6) is 0 Å². The Kier molecular flexibility index (Phi) is 5.58. The molecule has 0 bridgehead atoms. The maximum atomic E-state index is 12.1. The van der Waals surface area contributed by atoms with E-state index in [1.165, 1.54) is 32.2 Å². The van der Waals surface area contributed by atoms with Gasteiger partial charge in [-0.1, -0.05) is 12.8 Å². The van der Waals surface area contributed by atoms with Crippen LogP contribution in [-0.4, -0.2) is 55.4 Å². The Bertz CT molecular complexity index is 365. The summed E-state index contributed by atoms with van der Waals surface area (Å²) >= 11 is 0. The van der Waals surface area contributed by atoms with Crippen LogP contribution >= 0.6 is 0 Å². The topological polar surface area (TPSA) is 53.6 Å². The summed E-state index contributed by atoms with van der Waals surface area (Å²) in [6.07, 6.45) is 9.04. The Morgan fingerprint density at radius 3 is 2.77 bits per heavy atom. The van der Waals surface area contributed by atoms with E-state index >= 15 is 0 Å². The van der Waals surface area contributed by atoms with E-state index in [0.29, 0.717) is 6.04 Å². The molecular formula is C17H31N3O2. The molecule has 22 heavy (non-hydrogen) atoms. The normalized spacial score (nSPS) is 31.5. The van der Waals surface area contributed by atoms with E-state index in [4.69, 9.17) is 4.74 Å². The number of amides is 2. The van der Waals surface area contributed by atoms with Crippen LogP contribution in [0.1, 0.15) is 51.9 Å². The maximum absolute atomic E-state index is 12.1. The zero-order valence-electron chi connectivity index (χ0n) is 13.9. The molecule has 3 atom stereocenters. The van der Waals surface area contributed by atoms with E-state index in [0.717, 1.165) is 44.9 Å². The summed E-state index contributed by atoms with van der Waals surface area (Å²) in [5, 5.41) is 6.18. The molecule has 3 aliphatic rings. The fraction of sp³-hybridized carbons (Fsp3) is 0.941. The van der Waals surface area contributed by atoms with Gasteiger partial charge in [0.2, 0.25) is 0 Å². The van der Waals surface area contributed by atoms with Gasteiger partial charge in [-0.05, 0) is 44.9 Å². The monoisotopic (exact) mass is 309 g/mol. The molecule has 5 heteroatoms. The highest BCUT2D eigenvalue weighted by molar-refractivity contribution is 5.74. The van der Waals surface area contributed by atoms with E-state index < -0.39 is 0 Å². The number of ether oxygens (including phenoxy) is 1. The molecule has 3 fully saturated rings. The first kappa shape index (κ1) is 16.1. The molecule has 2 aliphatic heterocycles. The van der Waals surface area contributed by atoms with Crippen LogP contribution in [0.25, 0.3) is 0 Å². The fourth-order valence-corrected chi connectivity index (χ4v) is 4.20. The molecule has 1 saturated carbocycles. The van der Waals surface area contributed by atoms with Crippen LogP contribution in [0, 0.1) is 5.92 Å². The van der Waals surface area contributed by atoms with Gasteiger partial charge in [0.25, 0.3) is 0 Å². The van der Waals surface area contributed by atoms with Crippen LogP contribution in [0.3, 0.4) is 0 Å². The molecule has 126 valence electrons. The number of likely N-dealkylation sites (tertiary alicyclic amines) is 1. The molecule has 2 heterocycles. The number of nitrogens with one attached hydrogen (secondary N) is 2. The lowest BCUT2D eigenvalue weighted by atomic mass is 10.1. The molecule has 3 unspecified atom stereocenters. The van der Waals surface area contributed by atoms with Gasteiger partial charge in [0.15, 0.2) is 0 Å². The Hall–Kier alpha value is -0.810. The largest absolute Gasteiger partial charge is 0.376 e. The lowest BCUT2D eigenvalue weighted by Gasteiger charge is -2.23. The van der Waals surface area contributed by atoms with Crippen LogP contribution in [0.2, 0.25) is 0 Å². The molecule has 2 amide bonds. The van der Waals surface area contributed by atoms with Crippen molar-refractivity contribution in [2.24, 2.45) is 5.92 Å². The number of rotatable bonds is 5. The van der Waals surface area contributed by atoms with E-state index in [1.54, 1.807) is 0 Å². The van der Waals surface area contributed by atoms with E-state index in [1.807, 2.05) is 6.92 Å². The van der Waals surface area contributed by atoms with Crippen molar-refractivity contribution in [3.8, 4) is 0 Å². The van der Waals surface area contributed by atoms with Gasteiger partial charge in [-0.25, -0.2) is 4.79 Å². The van der Waals surface area contributed by atoms with Crippen LogP contribution in [0.4, 0.5) is 4.79 Å². The maximum Gasteiger partial charge on any atom is 0.315 e. The molecule has 3 rings (SSSR count). The SMILES string of the molecule is CC(NC(=O)NC1CCN(CC2CCCC2)C1)C1CCCO1. The average molecular weight is 309 g/mol. The van der Waals surface area contributed by atoms with E-state index in [2.05, 4.69) is 15.5 Å². The van der Waals surface area contributed by atoms with Crippen molar-refractivity contribution in [1.82, 2.24) is 15.5 Å². The molecule has 0 radical (unpaired) electrons. The highest BCUT2D eigenvalue weighted by Crippen LogP contribution is 2.26. The second-order valence-corrected chi connectivity index (χ2v) is 7.35. The first-order valence-corrected chi connectivity index (χ1v) is 9.11. The Labute approximate surface area is 134 Å². The number of carbonyl (C=O) groups excluding carboxylic acids is 1. The highest BCUT2D eigenvalue weighted by atomic mass is 16.5. The van der Waals surface area contributed by atoms with Gasteiger partial charge in [-0.3, -0.25) is 0 Å². The quantitative estimate of drug-likeness (QED) is 0.818. The molecule has 0 aromatic rings. The molecule has 0 aromatic carbocycles. The van der Waals surface area contributed by atoms with Crippen LogP contribution < -0.4 is 10.6 Å². The van der Waals surface area contributed by atoms with Gasteiger partial charge < -0.3 is 20.3 Å². The minimum atomic E-state index is -0.0317. The zero-order valence-corrected chi connectivity index (χ0v) is 13.9. The van der Waals surface area contributed by atoms with E-state index in [-0.39, 0.29) is 18.2 Å². The summed E-state index contributed by atoms with van der Waals surface area (Å²) in [5.74, 6) is 0.895. The van der Waals surface area contributed by atoms with Gasteiger partial charge >= 0.3 is 6.03 Å². The minimum Gasteiger partial charge on any atom is -0.376 e. The molecule has 5 nitrogen and oxygen atoms in total. The molecule has 2 N–H and O–H groups in total. The Morgan fingerprint density at radius 2 is 2.05 bits per heavy atom. The van der Waals surface area contributed by atoms with Crippen molar-refractivity contribution in [2.75, 3.05) is 26.2 Å². The Balaban J connectivity index is 1.35. The second-order valence-electron chi connectivity index (χ2n) is 7.35. The van der Waals surface area contributed by atoms with Crippen molar-refractivity contribution in [3.05, 3.63) is 0 Å². The predicted molar refractivity (Wildman–Crippen MR) is 86.9 cm³/mol. The summed E-state index contributed by atoms with van der Waals surface area (Å²) in [6, 6.07) is 0.368. The molecule has 0 spiro atoms. The van der Waals surface area contributed by atoms with Crippen molar-refractivity contribution in [1.29, 1.82) is 0 Å². The number of urea groups is 1. The first-order chi connectivity index (χ1) is 10.7. The third kappa shape index (κ3) is 4.35. The number of carbonyl (C=O) groups is 1. The number of hydrogen-bond acceptors (Lipinski definition) is 3. The Morgan fingerprint density at radius 1 is 1.23 bits per heavy atom. The van der Waals surface area contributed by atoms with Gasteiger partial charge in [-0.15, -0.1) is 0 Å². The predicted octanol–water partition coefficient (Wildman–Crippen LogP) is 2.12. The third-order valence-corrected chi connectivity index (χ3v) is 5.48. The van der Waals surface area contributed by atoms with Gasteiger partial charge in [0, 0.05) is 32.3 Å². The molecule has 1 aliphatic carbocycles. The van der Waals surface area contributed by atoms with Gasteiger partial charge in [-0.2, -0.15) is 0 Å². The van der Waals surface area contributed by atoms with Crippen LogP contribution in [0.15, 0.2) is 0 Å². The smallest absolute Gasteiger partial charge is 0.315 e. The number of hydrogen-bond donors (Lipinski definition) is 2. The lowest BCUT2D eigenvalue weighted by molar-refractivity contribution is 0.0858. The van der Waals surface area contributed by atoms with Crippen molar-refractivity contribution >= 4 is 6.03 Å². The van der Waals surface area contributed by atoms with Gasteiger partial charge in [0.1, 0.15) is 0 Å². The summed E-state index contributed by atoms with van der Waals surface area (Å²) in [6.45, 7) is 6.24. The summed E-state index contributed by atoms with van der Waals surface area (Å²) < 4.78 is 5.63. The summed E-state index contributed by atoms with van der Waals surface area (Å²) in [5.41, 5.74) is 0. The van der Waals surface area contributed by atoms with E-state index in [9.17, 15) is 4.79 Å². The van der Waals surface area contributed by atoms with Crippen LogP contribution in [-0.2, 0) is 4.74 Å².